The van der Waals surface area contributed by atoms with Crippen LogP contribution in [-0.2, 0) is 4.79 Å². The standard InChI is InChI=1S/C16H28N2O3/c1-18(11-12-6-3-2-4-7-12)16(21)17-14-9-5-8-13(10-14)15(19)20/h12-14H,2-11H2,1H3,(H,17,21)(H,19,20). The molecule has 2 aliphatic rings. The summed E-state index contributed by atoms with van der Waals surface area (Å²) in [6.45, 7) is 0.820. The summed E-state index contributed by atoms with van der Waals surface area (Å²) < 4.78 is 0. The molecule has 2 saturated carbocycles. The van der Waals surface area contributed by atoms with Gasteiger partial charge in [-0.25, -0.2) is 4.79 Å². The van der Waals surface area contributed by atoms with Gasteiger partial charge in [0, 0.05) is 19.6 Å². The molecule has 2 atom stereocenters. The summed E-state index contributed by atoms with van der Waals surface area (Å²) in [5, 5.41) is 12.1. The summed E-state index contributed by atoms with van der Waals surface area (Å²) in [4.78, 5) is 25.1. The molecule has 5 heteroatoms. The minimum atomic E-state index is -0.732. The Morgan fingerprint density at radius 2 is 1.81 bits per heavy atom. The summed E-state index contributed by atoms with van der Waals surface area (Å²) in [5.74, 6) is -0.398. The van der Waals surface area contributed by atoms with Crippen LogP contribution < -0.4 is 5.32 Å². The van der Waals surface area contributed by atoms with E-state index in [0.717, 1.165) is 25.8 Å². The van der Waals surface area contributed by atoms with Gasteiger partial charge in [0.05, 0.1) is 5.92 Å². The fourth-order valence-electron chi connectivity index (χ4n) is 3.67. The highest BCUT2D eigenvalue weighted by Crippen LogP contribution is 2.26. The number of hydrogen-bond acceptors (Lipinski definition) is 2. The first kappa shape index (κ1) is 16.1. The van der Waals surface area contributed by atoms with Crippen LogP contribution in [-0.4, -0.2) is 41.6 Å². The molecule has 2 N–H and O–H groups in total. The molecule has 2 amide bonds. The van der Waals surface area contributed by atoms with E-state index in [0.29, 0.717) is 12.3 Å². The molecule has 0 spiro atoms. The third-order valence-corrected chi connectivity index (χ3v) is 4.95. The molecule has 5 nitrogen and oxygen atoms in total. The zero-order chi connectivity index (χ0) is 15.2. The van der Waals surface area contributed by atoms with Crippen molar-refractivity contribution in [1.82, 2.24) is 10.2 Å². The predicted octanol–water partition coefficient (Wildman–Crippen LogP) is 2.85. The number of nitrogens with one attached hydrogen (secondary N) is 1. The Balaban J connectivity index is 1.75. The lowest BCUT2D eigenvalue weighted by atomic mass is 9.86. The molecular formula is C16H28N2O3. The van der Waals surface area contributed by atoms with Crippen LogP contribution in [0.5, 0.6) is 0 Å². The van der Waals surface area contributed by atoms with Crippen LogP contribution in [0.25, 0.3) is 0 Å². The number of aliphatic carboxylic acids is 1. The Kier molecular flexibility index (Phi) is 5.88. The van der Waals surface area contributed by atoms with E-state index in [4.69, 9.17) is 5.11 Å². The molecule has 120 valence electrons. The molecule has 0 heterocycles. The van der Waals surface area contributed by atoms with Crippen molar-refractivity contribution < 1.29 is 14.7 Å². The smallest absolute Gasteiger partial charge is 0.317 e. The lowest BCUT2D eigenvalue weighted by Gasteiger charge is -2.31. The van der Waals surface area contributed by atoms with E-state index >= 15 is 0 Å². The molecule has 0 bridgehead atoms. The highest BCUT2D eigenvalue weighted by atomic mass is 16.4. The van der Waals surface area contributed by atoms with Crippen LogP contribution in [0.15, 0.2) is 0 Å². The van der Waals surface area contributed by atoms with Crippen molar-refractivity contribution in [2.24, 2.45) is 11.8 Å². The Morgan fingerprint density at radius 3 is 2.48 bits per heavy atom. The maximum absolute atomic E-state index is 12.2. The number of urea groups is 1. The zero-order valence-corrected chi connectivity index (χ0v) is 13.0. The van der Waals surface area contributed by atoms with E-state index in [2.05, 4.69) is 5.32 Å². The Bertz CT molecular complexity index is 367. The Labute approximate surface area is 127 Å². The third-order valence-electron chi connectivity index (χ3n) is 4.95. The summed E-state index contributed by atoms with van der Waals surface area (Å²) in [6.07, 6.45) is 9.42. The second-order valence-electron chi connectivity index (χ2n) is 6.73. The summed E-state index contributed by atoms with van der Waals surface area (Å²) in [6, 6.07) is -0.0298. The maximum Gasteiger partial charge on any atom is 0.317 e. The molecule has 2 aliphatic carbocycles. The molecule has 2 unspecified atom stereocenters. The minimum absolute atomic E-state index is 0.0150. The zero-order valence-electron chi connectivity index (χ0n) is 13.0. The van der Waals surface area contributed by atoms with Crippen LogP contribution in [0.1, 0.15) is 57.8 Å². The van der Waals surface area contributed by atoms with Crippen LogP contribution in [0, 0.1) is 11.8 Å². The van der Waals surface area contributed by atoms with Crippen molar-refractivity contribution >= 4 is 12.0 Å². The average molecular weight is 296 g/mol. The predicted molar refractivity (Wildman–Crippen MR) is 81.1 cm³/mol. The van der Waals surface area contributed by atoms with Gasteiger partial charge in [-0.2, -0.15) is 0 Å². The third kappa shape index (κ3) is 4.90. The van der Waals surface area contributed by atoms with E-state index in [-0.39, 0.29) is 18.0 Å². The number of carbonyl (C=O) groups excluding carboxylic acids is 1. The summed E-state index contributed by atoms with van der Waals surface area (Å²) in [7, 11) is 1.85. The van der Waals surface area contributed by atoms with Gasteiger partial charge in [0.15, 0.2) is 0 Å². The van der Waals surface area contributed by atoms with Gasteiger partial charge in [-0.05, 0) is 38.0 Å². The number of hydrogen-bond donors (Lipinski definition) is 2. The van der Waals surface area contributed by atoms with Gasteiger partial charge in [-0.3, -0.25) is 4.79 Å². The molecular weight excluding hydrogens is 268 g/mol. The maximum atomic E-state index is 12.2. The second kappa shape index (κ2) is 7.66. The molecule has 0 aromatic rings. The topological polar surface area (TPSA) is 69.6 Å². The second-order valence-corrected chi connectivity index (χ2v) is 6.73. The van der Waals surface area contributed by atoms with Crippen molar-refractivity contribution in [3.8, 4) is 0 Å². The van der Waals surface area contributed by atoms with Gasteiger partial charge in [0.25, 0.3) is 0 Å². The van der Waals surface area contributed by atoms with E-state index in [1.165, 1.54) is 32.1 Å². The molecule has 21 heavy (non-hydrogen) atoms. The van der Waals surface area contributed by atoms with E-state index < -0.39 is 5.97 Å². The molecule has 0 aliphatic heterocycles. The SMILES string of the molecule is CN(CC1CCCCC1)C(=O)NC1CCCC(C(=O)O)C1. The van der Waals surface area contributed by atoms with Crippen LogP contribution in [0.4, 0.5) is 4.79 Å². The fraction of sp³-hybridized carbons (Fsp3) is 0.875. The van der Waals surface area contributed by atoms with Crippen LogP contribution in [0.2, 0.25) is 0 Å². The highest BCUT2D eigenvalue weighted by Gasteiger charge is 2.28. The molecule has 2 fully saturated rings. The average Bonchev–Trinajstić information content (AvgIpc) is 2.48. The Hall–Kier alpha value is -1.26. The van der Waals surface area contributed by atoms with Gasteiger partial charge in [0.2, 0.25) is 0 Å². The molecule has 2 rings (SSSR count). The van der Waals surface area contributed by atoms with Gasteiger partial charge < -0.3 is 15.3 Å². The summed E-state index contributed by atoms with van der Waals surface area (Å²) >= 11 is 0. The number of rotatable bonds is 4. The van der Waals surface area contributed by atoms with Crippen molar-refractivity contribution in [2.45, 2.75) is 63.8 Å². The lowest BCUT2D eigenvalue weighted by Crippen LogP contribution is -2.46. The molecule has 0 aromatic carbocycles. The van der Waals surface area contributed by atoms with Gasteiger partial charge in [0.1, 0.15) is 0 Å². The van der Waals surface area contributed by atoms with E-state index in [1.807, 2.05) is 7.05 Å². The molecule has 0 radical (unpaired) electrons. The van der Waals surface area contributed by atoms with E-state index in [1.54, 1.807) is 4.90 Å². The Morgan fingerprint density at radius 1 is 1.10 bits per heavy atom. The summed E-state index contributed by atoms with van der Waals surface area (Å²) in [5.41, 5.74) is 0. The lowest BCUT2D eigenvalue weighted by molar-refractivity contribution is -0.143. The number of carboxylic acids is 1. The number of carboxylic acid groups (broad SMARTS) is 1. The quantitative estimate of drug-likeness (QED) is 0.838. The van der Waals surface area contributed by atoms with Gasteiger partial charge in [-0.1, -0.05) is 25.7 Å². The normalized spacial score (nSPS) is 27.1. The number of nitrogens with zero attached hydrogens (tertiary/aromatic N) is 1. The van der Waals surface area contributed by atoms with Crippen LogP contribution >= 0.6 is 0 Å². The minimum Gasteiger partial charge on any atom is -0.481 e. The largest absolute Gasteiger partial charge is 0.481 e. The van der Waals surface area contributed by atoms with Crippen molar-refractivity contribution in [3.63, 3.8) is 0 Å². The van der Waals surface area contributed by atoms with Crippen molar-refractivity contribution in [1.29, 1.82) is 0 Å². The van der Waals surface area contributed by atoms with Crippen molar-refractivity contribution in [2.75, 3.05) is 13.6 Å². The van der Waals surface area contributed by atoms with Gasteiger partial charge in [-0.15, -0.1) is 0 Å². The molecule has 0 aromatic heterocycles. The first-order chi connectivity index (χ1) is 10.1. The monoisotopic (exact) mass is 296 g/mol. The van der Waals surface area contributed by atoms with Crippen molar-refractivity contribution in [3.05, 3.63) is 0 Å². The first-order valence-electron chi connectivity index (χ1n) is 8.30. The number of amides is 2. The van der Waals surface area contributed by atoms with E-state index in [9.17, 15) is 9.59 Å². The molecule has 0 saturated heterocycles. The van der Waals surface area contributed by atoms with Gasteiger partial charge >= 0.3 is 12.0 Å². The first-order valence-corrected chi connectivity index (χ1v) is 8.30. The fourth-order valence-corrected chi connectivity index (χ4v) is 3.67. The van der Waals surface area contributed by atoms with Crippen LogP contribution in [0.3, 0.4) is 0 Å². The number of carbonyl (C=O) groups is 2. The highest BCUT2D eigenvalue weighted by molar-refractivity contribution is 5.74.